The summed E-state index contributed by atoms with van der Waals surface area (Å²) >= 11 is 0. The first-order valence-electron chi connectivity index (χ1n) is 5.05. The van der Waals surface area contributed by atoms with Gasteiger partial charge in [0.2, 0.25) is 0 Å². The highest BCUT2D eigenvalue weighted by Crippen LogP contribution is 2.51. The molecule has 4 heteroatoms. The molecule has 2 aromatic rings. The summed E-state index contributed by atoms with van der Waals surface area (Å²) < 4.78 is 18.9. The van der Waals surface area contributed by atoms with Crippen LogP contribution in [0.1, 0.15) is 18.4 Å². The van der Waals surface area contributed by atoms with Crippen LogP contribution in [-0.2, 0) is 10.2 Å². The second-order valence-corrected chi connectivity index (χ2v) is 4.14. The summed E-state index contributed by atoms with van der Waals surface area (Å²) in [4.78, 5) is 11.2. The van der Waals surface area contributed by atoms with Crippen LogP contribution in [0, 0.1) is 5.82 Å². The fraction of sp³-hybridized carbons (Fsp3) is 0.250. The van der Waals surface area contributed by atoms with E-state index in [9.17, 15) is 14.3 Å². The second-order valence-electron chi connectivity index (χ2n) is 4.14. The maximum atomic E-state index is 13.8. The van der Waals surface area contributed by atoms with E-state index in [1.165, 1.54) is 18.4 Å². The minimum atomic E-state index is -1.03. The van der Waals surface area contributed by atoms with Crippen molar-refractivity contribution in [2.45, 2.75) is 18.3 Å². The monoisotopic (exact) mass is 220 g/mol. The number of fused-ring (bicyclic) bond motifs is 1. The Morgan fingerprint density at radius 1 is 1.38 bits per heavy atom. The predicted octanol–water partition coefficient (Wildman–Crippen LogP) is 2.69. The highest BCUT2D eigenvalue weighted by molar-refractivity contribution is 5.93. The van der Waals surface area contributed by atoms with E-state index in [-0.39, 0.29) is 5.56 Å². The summed E-state index contributed by atoms with van der Waals surface area (Å²) in [7, 11) is 0. The van der Waals surface area contributed by atoms with Crippen molar-refractivity contribution in [3.05, 3.63) is 35.8 Å². The summed E-state index contributed by atoms with van der Waals surface area (Å²) in [6.45, 7) is 0. The molecule has 0 aliphatic heterocycles. The Labute approximate surface area is 90.5 Å². The van der Waals surface area contributed by atoms with Gasteiger partial charge in [-0.05, 0) is 31.0 Å². The molecular formula is C12H9FO3. The molecule has 16 heavy (non-hydrogen) atoms. The van der Waals surface area contributed by atoms with Gasteiger partial charge in [0, 0.05) is 10.9 Å². The Morgan fingerprint density at radius 2 is 2.12 bits per heavy atom. The van der Waals surface area contributed by atoms with Gasteiger partial charge in [-0.2, -0.15) is 0 Å². The average Bonchev–Trinajstić information content (AvgIpc) is 2.90. The van der Waals surface area contributed by atoms with Gasteiger partial charge >= 0.3 is 5.97 Å². The first-order valence-corrected chi connectivity index (χ1v) is 5.05. The topological polar surface area (TPSA) is 50.4 Å². The first kappa shape index (κ1) is 9.39. The van der Waals surface area contributed by atoms with Crippen molar-refractivity contribution in [1.29, 1.82) is 0 Å². The third-order valence-electron chi connectivity index (χ3n) is 3.22. The van der Waals surface area contributed by atoms with Crippen molar-refractivity contribution < 1.29 is 18.7 Å². The number of carboxylic acids is 1. The number of hydrogen-bond acceptors (Lipinski definition) is 2. The molecule has 1 aliphatic rings. The fourth-order valence-corrected chi connectivity index (χ4v) is 2.20. The van der Waals surface area contributed by atoms with E-state index in [1.54, 1.807) is 6.07 Å². The van der Waals surface area contributed by atoms with Crippen molar-refractivity contribution in [2.75, 3.05) is 0 Å². The molecule has 82 valence electrons. The number of aliphatic carboxylic acids is 1. The minimum Gasteiger partial charge on any atom is -0.481 e. The van der Waals surface area contributed by atoms with E-state index in [1.807, 2.05) is 0 Å². The smallest absolute Gasteiger partial charge is 0.314 e. The lowest BCUT2D eigenvalue weighted by Gasteiger charge is -2.12. The number of carbonyl (C=O) groups is 1. The molecule has 0 radical (unpaired) electrons. The van der Waals surface area contributed by atoms with Crippen LogP contribution in [0.15, 0.2) is 28.9 Å². The standard InChI is InChI=1S/C12H9FO3/c13-8-1-2-9-7(3-6-16-9)10(8)12(4-5-12)11(14)15/h1-3,6H,4-5H2,(H,14,15). The van der Waals surface area contributed by atoms with Crippen molar-refractivity contribution in [1.82, 2.24) is 0 Å². The Kier molecular flexibility index (Phi) is 1.67. The molecular weight excluding hydrogens is 211 g/mol. The van der Waals surface area contributed by atoms with Crippen LogP contribution in [0.2, 0.25) is 0 Å². The third kappa shape index (κ3) is 1.04. The van der Waals surface area contributed by atoms with E-state index < -0.39 is 17.2 Å². The van der Waals surface area contributed by atoms with Crippen molar-refractivity contribution >= 4 is 16.9 Å². The molecule has 0 unspecified atom stereocenters. The number of hydrogen-bond donors (Lipinski definition) is 1. The molecule has 1 fully saturated rings. The van der Waals surface area contributed by atoms with E-state index in [4.69, 9.17) is 4.42 Å². The zero-order valence-electron chi connectivity index (χ0n) is 8.37. The van der Waals surface area contributed by atoms with E-state index in [0.717, 1.165) is 0 Å². The lowest BCUT2D eigenvalue weighted by molar-refractivity contribution is -0.140. The normalized spacial score (nSPS) is 17.6. The maximum Gasteiger partial charge on any atom is 0.314 e. The number of halogens is 1. The van der Waals surface area contributed by atoms with Crippen molar-refractivity contribution in [2.24, 2.45) is 0 Å². The summed E-state index contributed by atoms with van der Waals surface area (Å²) in [6.07, 6.45) is 2.43. The summed E-state index contributed by atoms with van der Waals surface area (Å²) in [5.74, 6) is -1.42. The second kappa shape index (κ2) is 2.84. The van der Waals surface area contributed by atoms with Gasteiger partial charge in [-0.15, -0.1) is 0 Å². The molecule has 1 N–H and O–H groups in total. The molecule has 1 aromatic carbocycles. The zero-order chi connectivity index (χ0) is 11.3. The van der Waals surface area contributed by atoms with Crippen LogP contribution in [0.5, 0.6) is 0 Å². The first-order chi connectivity index (χ1) is 7.65. The highest BCUT2D eigenvalue weighted by atomic mass is 19.1. The molecule has 0 spiro atoms. The molecule has 1 aliphatic carbocycles. The maximum absolute atomic E-state index is 13.8. The average molecular weight is 220 g/mol. The van der Waals surface area contributed by atoms with Gasteiger partial charge in [0.05, 0.1) is 11.7 Å². The van der Waals surface area contributed by atoms with E-state index >= 15 is 0 Å². The van der Waals surface area contributed by atoms with Gasteiger partial charge in [-0.3, -0.25) is 4.79 Å². The quantitative estimate of drug-likeness (QED) is 0.846. The summed E-state index contributed by atoms with van der Waals surface area (Å²) in [5.41, 5.74) is -0.233. The van der Waals surface area contributed by atoms with Gasteiger partial charge in [0.25, 0.3) is 0 Å². The lowest BCUT2D eigenvalue weighted by atomic mass is 9.92. The minimum absolute atomic E-state index is 0.270. The molecule has 3 nitrogen and oxygen atoms in total. The molecule has 0 bridgehead atoms. The molecule has 1 aromatic heterocycles. The third-order valence-corrected chi connectivity index (χ3v) is 3.22. The van der Waals surface area contributed by atoms with Crippen LogP contribution in [0.3, 0.4) is 0 Å². The Hall–Kier alpha value is -1.84. The summed E-state index contributed by atoms with van der Waals surface area (Å²) in [5, 5.41) is 9.75. The number of rotatable bonds is 2. The SMILES string of the molecule is O=C(O)C1(c2c(F)ccc3occc23)CC1. The van der Waals surface area contributed by atoms with Crippen LogP contribution < -0.4 is 0 Å². The number of benzene rings is 1. The predicted molar refractivity (Wildman–Crippen MR) is 54.7 cm³/mol. The van der Waals surface area contributed by atoms with Gasteiger partial charge in [0.15, 0.2) is 0 Å². The molecule has 0 saturated heterocycles. The Morgan fingerprint density at radius 3 is 2.75 bits per heavy atom. The highest BCUT2D eigenvalue weighted by Gasteiger charge is 2.54. The van der Waals surface area contributed by atoms with Crippen LogP contribution in [0.4, 0.5) is 4.39 Å². The van der Waals surface area contributed by atoms with Gasteiger partial charge in [0.1, 0.15) is 11.4 Å². The van der Waals surface area contributed by atoms with E-state index in [0.29, 0.717) is 23.8 Å². The Bertz CT molecular complexity index is 581. The summed E-state index contributed by atoms with van der Waals surface area (Å²) in [6, 6.07) is 4.41. The van der Waals surface area contributed by atoms with Crippen LogP contribution in [-0.4, -0.2) is 11.1 Å². The largest absolute Gasteiger partial charge is 0.481 e. The molecule has 1 saturated carbocycles. The van der Waals surface area contributed by atoms with Crippen LogP contribution >= 0.6 is 0 Å². The van der Waals surface area contributed by atoms with Gasteiger partial charge in [-0.25, -0.2) is 4.39 Å². The van der Waals surface area contributed by atoms with Crippen molar-refractivity contribution in [3.8, 4) is 0 Å². The van der Waals surface area contributed by atoms with E-state index in [2.05, 4.69) is 0 Å². The number of furan rings is 1. The van der Waals surface area contributed by atoms with Crippen LogP contribution in [0.25, 0.3) is 11.0 Å². The van der Waals surface area contributed by atoms with Crippen molar-refractivity contribution in [3.63, 3.8) is 0 Å². The number of carboxylic acid groups (broad SMARTS) is 1. The lowest BCUT2D eigenvalue weighted by Crippen LogP contribution is -2.21. The zero-order valence-corrected chi connectivity index (χ0v) is 8.37. The Balaban J connectivity index is 2.34. The van der Waals surface area contributed by atoms with Gasteiger partial charge in [-0.1, -0.05) is 0 Å². The molecule has 0 atom stereocenters. The van der Waals surface area contributed by atoms with Gasteiger partial charge < -0.3 is 9.52 Å². The molecule has 3 rings (SSSR count). The molecule has 0 amide bonds. The molecule has 1 heterocycles. The fourth-order valence-electron chi connectivity index (χ4n) is 2.20.